The van der Waals surface area contributed by atoms with Gasteiger partial charge in [-0.25, -0.2) is 0 Å². The molecule has 2 unspecified atom stereocenters. The quantitative estimate of drug-likeness (QED) is 0.603. The van der Waals surface area contributed by atoms with E-state index in [9.17, 15) is 8.78 Å². The molecule has 2 aliphatic rings. The lowest BCUT2D eigenvalue weighted by atomic mass is 10.1. The van der Waals surface area contributed by atoms with Gasteiger partial charge in [0.15, 0.2) is 0 Å². The number of aromatic amines is 1. The zero-order valence-corrected chi connectivity index (χ0v) is 6.64. The number of fused-ring (bicyclic) bond motifs is 3. The molecule has 2 atom stereocenters. The summed E-state index contributed by atoms with van der Waals surface area (Å²) in [4.78, 5) is 0. The van der Waals surface area contributed by atoms with Crippen molar-refractivity contribution in [3.8, 4) is 12.3 Å². The molecule has 1 N–H and O–H groups in total. The number of alkyl halides is 2. The molecule has 66 valence electrons. The summed E-state index contributed by atoms with van der Waals surface area (Å²) in [5.41, 5.74) is 0.888. The standard InChI is InChI=1S/C9H6F2N2/c1-2-6-7-4-3-5(4)9(10,11)8(7)13-12-6/h1,4-5H,3H2,(H,12,13). The van der Waals surface area contributed by atoms with Crippen LogP contribution in [0.15, 0.2) is 0 Å². The van der Waals surface area contributed by atoms with E-state index < -0.39 is 11.8 Å². The Balaban J connectivity index is 2.26. The van der Waals surface area contributed by atoms with Crippen molar-refractivity contribution in [3.05, 3.63) is 17.0 Å². The number of terminal acetylenes is 1. The first-order valence-electron chi connectivity index (χ1n) is 4.09. The first kappa shape index (κ1) is 7.07. The van der Waals surface area contributed by atoms with Gasteiger partial charge in [0, 0.05) is 11.5 Å². The van der Waals surface area contributed by atoms with Gasteiger partial charge in [-0.05, 0) is 12.3 Å². The van der Waals surface area contributed by atoms with E-state index in [0.29, 0.717) is 17.7 Å². The summed E-state index contributed by atoms with van der Waals surface area (Å²) in [6.07, 6.45) is 5.72. The van der Waals surface area contributed by atoms with E-state index in [1.165, 1.54) is 0 Å². The summed E-state index contributed by atoms with van der Waals surface area (Å²) in [5, 5.41) is 6.06. The molecule has 0 saturated heterocycles. The number of hydrogen-bond acceptors (Lipinski definition) is 1. The molecule has 2 aliphatic carbocycles. The van der Waals surface area contributed by atoms with Crippen LogP contribution in [0.4, 0.5) is 8.78 Å². The third-order valence-electron chi connectivity index (χ3n) is 2.89. The Hall–Kier alpha value is -1.37. The smallest absolute Gasteiger partial charge is 0.269 e. The summed E-state index contributed by atoms with van der Waals surface area (Å²) in [7, 11) is 0. The number of rotatable bonds is 0. The van der Waals surface area contributed by atoms with Crippen molar-refractivity contribution >= 4 is 0 Å². The fourth-order valence-electron chi connectivity index (χ4n) is 2.17. The summed E-state index contributed by atoms with van der Waals surface area (Å²) in [6.45, 7) is 0. The Morgan fingerprint density at radius 1 is 1.62 bits per heavy atom. The van der Waals surface area contributed by atoms with Gasteiger partial charge >= 0.3 is 0 Å². The van der Waals surface area contributed by atoms with Gasteiger partial charge in [0.25, 0.3) is 5.92 Å². The van der Waals surface area contributed by atoms with Crippen molar-refractivity contribution < 1.29 is 8.78 Å². The van der Waals surface area contributed by atoms with Crippen molar-refractivity contribution in [2.45, 2.75) is 18.3 Å². The lowest BCUT2D eigenvalue weighted by Crippen LogP contribution is -2.13. The van der Waals surface area contributed by atoms with E-state index in [2.05, 4.69) is 16.1 Å². The maximum Gasteiger partial charge on any atom is 0.295 e. The molecular weight excluding hydrogens is 174 g/mol. The van der Waals surface area contributed by atoms with E-state index in [0.717, 1.165) is 0 Å². The highest BCUT2D eigenvalue weighted by Gasteiger charge is 2.66. The number of halogens is 2. The van der Waals surface area contributed by atoms with E-state index >= 15 is 0 Å². The third kappa shape index (κ3) is 0.624. The minimum atomic E-state index is -2.76. The molecule has 0 radical (unpaired) electrons. The van der Waals surface area contributed by atoms with Gasteiger partial charge < -0.3 is 0 Å². The SMILES string of the molecule is C#Cc1[nH]nc2c1C1CC1C2(F)F. The first-order valence-corrected chi connectivity index (χ1v) is 4.09. The van der Waals surface area contributed by atoms with Crippen LogP contribution in [0.5, 0.6) is 0 Å². The number of H-pyrrole nitrogens is 1. The van der Waals surface area contributed by atoms with Crippen LogP contribution in [0.2, 0.25) is 0 Å². The molecule has 1 saturated carbocycles. The van der Waals surface area contributed by atoms with Crippen molar-refractivity contribution in [2.24, 2.45) is 5.92 Å². The highest BCUT2D eigenvalue weighted by molar-refractivity contribution is 5.49. The highest BCUT2D eigenvalue weighted by Crippen LogP contribution is 2.66. The van der Waals surface area contributed by atoms with Gasteiger partial charge in [0.05, 0.1) is 0 Å². The maximum atomic E-state index is 13.4. The fourth-order valence-corrected chi connectivity index (χ4v) is 2.17. The molecule has 1 fully saturated rings. The second-order valence-corrected chi connectivity index (χ2v) is 3.58. The van der Waals surface area contributed by atoms with E-state index in [-0.39, 0.29) is 11.6 Å². The fraction of sp³-hybridized carbons (Fsp3) is 0.444. The first-order chi connectivity index (χ1) is 6.16. The zero-order chi connectivity index (χ0) is 9.22. The van der Waals surface area contributed by atoms with Gasteiger partial charge in [-0.1, -0.05) is 5.92 Å². The van der Waals surface area contributed by atoms with Crippen LogP contribution in [0.25, 0.3) is 0 Å². The van der Waals surface area contributed by atoms with Crippen molar-refractivity contribution in [2.75, 3.05) is 0 Å². The molecule has 0 amide bonds. The largest absolute Gasteiger partial charge is 0.295 e. The summed E-state index contributed by atoms with van der Waals surface area (Å²) >= 11 is 0. The van der Waals surface area contributed by atoms with Gasteiger partial charge in [0.2, 0.25) is 0 Å². The molecule has 1 aromatic rings. The highest BCUT2D eigenvalue weighted by atomic mass is 19.3. The average molecular weight is 180 g/mol. The molecule has 0 spiro atoms. The van der Waals surface area contributed by atoms with Crippen molar-refractivity contribution in [1.82, 2.24) is 10.2 Å². The number of aromatic nitrogens is 2. The topological polar surface area (TPSA) is 28.7 Å². The van der Waals surface area contributed by atoms with Crippen LogP contribution >= 0.6 is 0 Å². The second kappa shape index (κ2) is 1.77. The van der Waals surface area contributed by atoms with Gasteiger partial charge in [-0.2, -0.15) is 13.9 Å². The minimum Gasteiger partial charge on any atom is -0.269 e. The Kier molecular flexibility index (Phi) is 0.961. The predicted octanol–water partition coefficient (Wildman–Crippen LogP) is 1.60. The normalized spacial score (nSPS) is 32.1. The van der Waals surface area contributed by atoms with Crippen LogP contribution in [-0.2, 0) is 5.92 Å². The van der Waals surface area contributed by atoms with Crippen LogP contribution in [0.1, 0.15) is 29.3 Å². The summed E-state index contributed by atoms with van der Waals surface area (Å²) in [6, 6.07) is 0. The van der Waals surface area contributed by atoms with Gasteiger partial charge in [-0.15, -0.1) is 6.42 Å². The number of nitrogens with zero attached hydrogens (tertiary/aromatic N) is 1. The molecule has 13 heavy (non-hydrogen) atoms. The van der Waals surface area contributed by atoms with Crippen LogP contribution in [0, 0.1) is 18.3 Å². The molecule has 1 heterocycles. The lowest BCUT2D eigenvalue weighted by Gasteiger charge is -2.08. The molecule has 1 aromatic heterocycles. The van der Waals surface area contributed by atoms with Gasteiger partial charge in [-0.3, -0.25) is 5.10 Å². The van der Waals surface area contributed by atoms with Crippen LogP contribution < -0.4 is 0 Å². The molecule has 0 bridgehead atoms. The van der Waals surface area contributed by atoms with E-state index in [1.807, 2.05) is 0 Å². The molecule has 3 rings (SSSR count). The number of nitrogens with one attached hydrogen (secondary N) is 1. The third-order valence-corrected chi connectivity index (χ3v) is 2.89. The van der Waals surface area contributed by atoms with Gasteiger partial charge in [0.1, 0.15) is 11.4 Å². The zero-order valence-electron chi connectivity index (χ0n) is 6.64. The predicted molar refractivity (Wildman–Crippen MR) is 41.3 cm³/mol. The molecule has 0 aliphatic heterocycles. The Bertz CT molecular complexity index is 427. The van der Waals surface area contributed by atoms with E-state index in [1.54, 1.807) is 0 Å². The molecule has 4 heteroatoms. The molecule has 0 aromatic carbocycles. The molecular formula is C9H6F2N2. The Morgan fingerprint density at radius 3 is 3.08 bits per heavy atom. The average Bonchev–Trinajstić information content (AvgIpc) is 2.71. The van der Waals surface area contributed by atoms with Crippen LogP contribution in [-0.4, -0.2) is 10.2 Å². The monoisotopic (exact) mass is 180 g/mol. The maximum absolute atomic E-state index is 13.4. The van der Waals surface area contributed by atoms with Crippen molar-refractivity contribution in [3.63, 3.8) is 0 Å². The van der Waals surface area contributed by atoms with Crippen molar-refractivity contribution in [1.29, 1.82) is 0 Å². The van der Waals surface area contributed by atoms with E-state index in [4.69, 9.17) is 6.42 Å². The molecule has 2 nitrogen and oxygen atoms in total. The lowest BCUT2D eigenvalue weighted by molar-refractivity contribution is -0.0268. The Labute approximate surface area is 73.3 Å². The summed E-state index contributed by atoms with van der Waals surface area (Å²) < 4.78 is 26.7. The minimum absolute atomic E-state index is 0.0465. The van der Waals surface area contributed by atoms with Crippen LogP contribution in [0.3, 0.4) is 0 Å². The summed E-state index contributed by atoms with van der Waals surface area (Å²) in [5.74, 6) is -0.989. The number of hydrogen-bond donors (Lipinski definition) is 1. The Morgan fingerprint density at radius 2 is 2.38 bits per heavy atom. The second-order valence-electron chi connectivity index (χ2n) is 3.58.